The van der Waals surface area contributed by atoms with Gasteiger partial charge in [0, 0.05) is 34.5 Å². The second kappa shape index (κ2) is 8.72. The molecule has 0 spiro atoms. The van der Waals surface area contributed by atoms with Gasteiger partial charge in [-0.15, -0.1) is 0 Å². The Morgan fingerprint density at radius 3 is 2.92 bits per heavy atom. The van der Waals surface area contributed by atoms with Crippen molar-refractivity contribution in [2.75, 3.05) is 13.2 Å². The monoisotopic (exact) mass is 400 g/mol. The lowest BCUT2D eigenvalue weighted by molar-refractivity contribution is -0.121. The Labute approximate surface area is 155 Å². The van der Waals surface area contributed by atoms with E-state index in [2.05, 4.69) is 38.4 Å². The maximum Gasteiger partial charge on any atom is 0.220 e. The van der Waals surface area contributed by atoms with Crippen molar-refractivity contribution in [3.05, 3.63) is 64.8 Å². The van der Waals surface area contributed by atoms with E-state index in [1.165, 1.54) is 10.9 Å². The number of nitrogens with one attached hydrogen (secondary N) is 2. The molecule has 2 N–H and O–H groups in total. The molecular weight excluding hydrogens is 380 g/mol. The molecule has 0 radical (unpaired) electrons. The molecule has 3 aromatic rings. The minimum absolute atomic E-state index is 0.0673. The summed E-state index contributed by atoms with van der Waals surface area (Å²) < 4.78 is 6.62. The number of ether oxygens (including phenoxy) is 1. The lowest BCUT2D eigenvalue weighted by atomic mass is 10.1. The first-order valence-electron chi connectivity index (χ1n) is 8.42. The number of aromatic amines is 1. The van der Waals surface area contributed by atoms with Crippen LogP contribution in [-0.2, 0) is 11.2 Å². The molecule has 1 aromatic heterocycles. The molecule has 0 bridgehead atoms. The van der Waals surface area contributed by atoms with E-state index in [9.17, 15) is 4.79 Å². The van der Waals surface area contributed by atoms with E-state index in [4.69, 9.17) is 4.74 Å². The standard InChI is InChI=1S/C20H21BrN2O2/c21-16-5-3-6-17(13-16)25-12-4-9-20(24)22-11-10-15-14-23-19-8-2-1-7-18(15)19/h1-3,5-8,13-14,23H,4,9-12H2,(H,22,24). The maximum absolute atomic E-state index is 11.9. The van der Waals surface area contributed by atoms with Gasteiger partial charge in [-0.1, -0.05) is 40.2 Å². The highest BCUT2D eigenvalue weighted by atomic mass is 79.9. The highest BCUT2D eigenvalue weighted by Gasteiger charge is 2.05. The number of aromatic nitrogens is 1. The van der Waals surface area contributed by atoms with Crippen LogP contribution in [0.2, 0.25) is 0 Å². The Kier molecular flexibility index (Phi) is 6.12. The van der Waals surface area contributed by atoms with Gasteiger partial charge in [0.05, 0.1) is 6.61 Å². The van der Waals surface area contributed by atoms with Gasteiger partial charge in [0.15, 0.2) is 0 Å². The first kappa shape index (κ1) is 17.5. The third kappa shape index (κ3) is 5.10. The molecule has 4 nitrogen and oxygen atoms in total. The summed E-state index contributed by atoms with van der Waals surface area (Å²) in [4.78, 5) is 15.2. The molecule has 0 aliphatic carbocycles. The average molecular weight is 401 g/mol. The molecule has 0 fully saturated rings. The number of carbonyl (C=O) groups is 1. The van der Waals surface area contributed by atoms with Gasteiger partial charge in [-0.25, -0.2) is 0 Å². The van der Waals surface area contributed by atoms with Crippen molar-refractivity contribution in [3.8, 4) is 5.75 Å². The average Bonchev–Trinajstić information content (AvgIpc) is 3.02. The smallest absolute Gasteiger partial charge is 0.220 e. The molecule has 3 rings (SSSR count). The molecule has 25 heavy (non-hydrogen) atoms. The topological polar surface area (TPSA) is 54.1 Å². The number of H-pyrrole nitrogens is 1. The third-order valence-corrected chi connectivity index (χ3v) is 4.50. The van der Waals surface area contributed by atoms with Crippen LogP contribution in [0.3, 0.4) is 0 Å². The minimum Gasteiger partial charge on any atom is -0.494 e. The molecule has 0 unspecified atom stereocenters. The fraction of sp³-hybridized carbons (Fsp3) is 0.250. The Hall–Kier alpha value is -2.27. The van der Waals surface area contributed by atoms with Gasteiger partial charge < -0.3 is 15.0 Å². The second-order valence-electron chi connectivity index (χ2n) is 5.87. The molecule has 0 saturated heterocycles. The highest BCUT2D eigenvalue weighted by molar-refractivity contribution is 9.10. The summed E-state index contributed by atoms with van der Waals surface area (Å²) in [6.45, 7) is 1.18. The number of hydrogen-bond donors (Lipinski definition) is 2. The first-order chi connectivity index (χ1) is 12.2. The molecule has 0 atom stereocenters. The van der Waals surface area contributed by atoms with Crippen molar-refractivity contribution in [3.63, 3.8) is 0 Å². The Morgan fingerprint density at radius 2 is 2.04 bits per heavy atom. The summed E-state index contributed by atoms with van der Waals surface area (Å²) in [6.07, 6.45) is 4.01. The van der Waals surface area contributed by atoms with Crippen molar-refractivity contribution >= 4 is 32.7 Å². The zero-order chi connectivity index (χ0) is 17.5. The predicted molar refractivity (Wildman–Crippen MR) is 104 cm³/mol. The fourth-order valence-corrected chi connectivity index (χ4v) is 3.12. The van der Waals surface area contributed by atoms with E-state index in [1.54, 1.807) is 0 Å². The number of fused-ring (bicyclic) bond motifs is 1. The van der Waals surface area contributed by atoms with Crippen LogP contribution in [0.5, 0.6) is 5.75 Å². The lowest BCUT2D eigenvalue weighted by Crippen LogP contribution is -2.25. The van der Waals surface area contributed by atoms with Crippen molar-refractivity contribution < 1.29 is 9.53 Å². The molecular formula is C20H21BrN2O2. The van der Waals surface area contributed by atoms with Gasteiger partial charge in [-0.2, -0.15) is 0 Å². The van der Waals surface area contributed by atoms with Crippen LogP contribution in [0, 0.1) is 0 Å². The number of amides is 1. The van der Waals surface area contributed by atoms with E-state index in [0.717, 1.165) is 22.2 Å². The summed E-state index contributed by atoms with van der Waals surface area (Å²) in [7, 11) is 0. The number of carbonyl (C=O) groups excluding carboxylic acids is 1. The van der Waals surface area contributed by atoms with Gasteiger partial charge in [0.1, 0.15) is 5.75 Å². The normalized spacial score (nSPS) is 10.8. The zero-order valence-electron chi connectivity index (χ0n) is 13.9. The number of halogens is 1. The summed E-state index contributed by atoms with van der Waals surface area (Å²) in [6, 6.07) is 15.9. The number of benzene rings is 2. The summed E-state index contributed by atoms with van der Waals surface area (Å²) in [5, 5.41) is 4.20. The van der Waals surface area contributed by atoms with E-state index >= 15 is 0 Å². The minimum atomic E-state index is 0.0673. The SMILES string of the molecule is O=C(CCCOc1cccc(Br)c1)NCCc1c[nH]c2ccccc12. The number of hydrogen-bond acceptors (Lipinski definition) is 2. The predicted octanol–water partition coefficient (Wildman–Crippen LogP) is 4.45. The van der Waals surface area contributed by atoms with E-state index in [0.29, 0.717) is 26.0 Å². The first-order valence-corrected chi connectivity index (χ1v) is 9.22. The largest absolute Gasteiger partial charge is 0.494 e. The summed E-state index contributed by atoms with van der Waals surface area (Å²) >= 11 is 3.41. The molecule has 1 amide bonds. The van der Waals surface area contributed by atoms with Gasteiger partial charge in [0.2, 0.25) is 5.91 Å². The Balaban J connectivity index is 1.34. The quantitative estimate of drug-likeness (QED) is 0.548. The second-order valence-corrected chi connectivity index (χ2v) is 6.78. The molecule has 0 aliphatic rings. The molecule has 2 aromatic carbocycles. The molecule has 5 heteroatoms. The fourth-order valence-electron chi connectivity index (χ4n) is 2.74. The van der Waals surface area contributed by atoms with Gasteiger partial charge in [-0.05, 0) is 42.7 Å². The van der Waals surface area contributed by atoms with E-state index < -0.39 is 0 Å². The highest BCUT2D eigenvalue weighted by Crippen LogP contribution is 2.18. The maximum atomic E-state index is 11.9. The van der Waals surface area contributed by atoms with Gasteiger partial charge in [-0.3, -0.25) is 4.79 Å². The van der Waals surface area contributed by atoms with Gasteiger partial charge in [0.25, 0.3) is 0 Å². The summed E-state index contributed by atoms with van der Waals surface area (Å²) in [5.41, 5.74) is 2.36. The van der Waals surface area contributed by atoms with Crippen molar-refractivity contribution in [1.82, 2.24) is 10.3 Å². The lowest BCUT2D eigenvalue weighted by Gasteiger charge is -2.07. The van der Waals surface area contributed by atoms with E-state index in [-0.39, 0.29) is 5.91 Å². The van der Waals surface area contributed by atoms with Crippen molar-refractivity contribution in [1.29, 1.82) is 0 Å². The Morgan fingerprint density at radius 1 is 1.16 bits per heavy atom. The van der Waals surface area contributed by atoms with Crippen LogP contribution in [0.4, 0.5) is 0 Å². The number of para-hydroxylation sites is 1. The molecule has 0 aliphatic heterocycles. The third-order valence-electron chi connectivity index (χ3n) is 4.00. The van der Waals surface area contributed by atoms with Gasteiger partial charge >= 0.3 is 0 Å². The number of rotatable bonds is 8. The molecule has 1 heterocycles. The summed E-state index contributed by atoms with van der Waals surface area (Å²) in [5.74, 6) is 0.881. The molecule has 130 valence electrons. The van der Waals surface area contributed by atoms with Crippen LogP contribution in [0.1, 0.15) is 18.4 Å². The van der Waals surface area contributed by atoms with Crippen LogP contribution < -0.4 is 10.1 Å². The van der Waals surface area contributed by atoms with Crippen LogP contribution in [0.25, 0.3) is 10.9 Å². The zero-order valence-corrected chi connectivity index (χ0v) is 15.5. The van der Waals surface area contributed by atoms with Crippen molar-refractivity contribution in [2.24, 2.45) is 0 Å². The van der Waals surface area contributed by atoms with Crippen molar-refractivity contribution in [2.45, 2.75) is 19.3 Å². The van der Waals surface area contributed by atoms with E-state index in [1.807, 2.05) is 42.6 Å². The van der Waals surface area contributed by atoms with Crippen LogP contribution in [0.15, 0.2) is 59.2 Å². The van der Waals surface area contributed by atoms with Crippen LogP contribution >= 0.6 is 15.9 Å². The van der Waals surface area contributed by atoms with Crippen LogP contribution in [-0.4, -0.2) is 24.0 Å². The Bertz CT molecular complexity index is 844. The molecule has 0 saturated carbocycles.